The molecule has 2 aromatic heterocycles. The largest absolute Gasteiger partial charge is 0.573 e. The Labute approximate surface area is 209 Å². The van der Waals surface area contributed by atoms with E-state index in [4.69, 9.17) is 9.47 Å². The highest BCUT2D eigenvalue weighted by Crippen LogP contribution is 2.40. The number of ether oxygens (including phenoxy) is 3. The Hall–Kier alpha value is -4.16. The summed E-state index contributed by atoms with van der Waals surface area (Å²) in [5.41, 5.74) is -0.518. The maximum Gasteiger partial charge on any atom is 0.573 e. The van der Waals surface area contributed by atoms with E-state index in [0.29, 0.717) is 30.6 Å². The number of nitrogens with one attached hydrogen (secondary N) is 1. The van der Waals surface area contributed by atoms with Gasteiger partial charge in [-0.25, -0.2) is 4.79 Å². The van der Waals surface area contributed by atoms with Crippen molar-refractivity contribution in [3.8, 4) is 17.4 Å². The molecule has 13 heteroatoms. The molecule has 37 heavy (non-hydrogen) atoms. The molecule has 2 aliphatic rings. The molecule has 1 aliphatic carbocycles. The third-order valence-electron chi connectivity index (χ3n) is 6.32. The van der Waals surface area contributed by atoms with Crippen molar-refractivity contribution in [3.63, 3.8) is 0 Å². The van der Waals surface area contributed by atoms with Crippen LogP contribution >= 0.6 is 0 Å². The monoisotopic (exact) mass is 516 g/mol. The fourth-order valence-electron chi connectivity index (χ4n) is 4.48. The lowest BCUT2D eigenvalue weighted by molar-refractivity contribution is -0.275. The molecule has 2 fully saturated rings. The van der Waals surface area contributed by atoms with E-state index in [1.54, 1.807) is 24.4 Å². The van der Waals surface area contributed by atoms with Gasteiger partial charge in [-0.05, 0) is 61.9 Å². The van der Waals surface area contributed by atoms with Crippen molar-refractivity contribution in [1.29, 1.82) is 0 Å². The molecule has 194 valence electrons. The summed E-state index contributed by atoms with van der Waals surface area (Å²) in [5, 5.41) is 19.1. The maximum atomic E-state index is 12.6. The van der Waals surface area contributed by atoms with E-state index in [0.717, 1.165) is 31.7 Å². The summed E-state index contributed by atoms with van der Waals surface area (Å²) in [5.74, 6) is 0.764. The van der Waals surface area contributed by atoms with Gasteiger partial charge in [0.25, 0.3) is 0 Å². The van der Waals surface area contributed by atoms with Crippen molar-refractivity contribution < 1.29 is 32.2 Å². The Balaban J connectivity index is 1.11. The summed E-state index contributed by atoms with van der Waals surface area (Å²) in [6, 6.07) is 12.0. The van der Waals surface area contributed by atoms with Gasteiger partial charge in [-0.3, -0.25) is 4.90 Å². The Morgan fingerprint density at radius 1 is 1.03 bits per heavy atom. The number of amides is 1. The lowest BCUT2D eigenvalue weighted by atomic mass is 9.78. The van der Waals surface area contributed by atoms with Gasteiger partial charge in [0, 0.05) is 18.8 Å². The van der Waals surface area contributed by atoms with Gasteiger partial charge < -0.3 is 19.5 Å². The average Bonchev–Trinajstić information content (AvgIpc) is 3.21. The molecule has 1 N–H and O–H groups in total. The standard InChI is InChI=1S/C24H23F3N6O4/c25-24(26,27)36-18-5-2-1-4-17(18)35-21-8-7-19(30-32-21)28-14-16-9-11-23(12-10-16)15-33(22(34)37-23)20-6-3-13-29-31-20/h1-8,13,16H,9-12,14-15H2,(H,28,30)/t16-,23-. The predicted octanol–water partition coefficient (Wildman–Crippen LogP) is 4.96. The fraction of sp³-hybridized carbons (Fsp3) is 0.375. The third kappa shape index (κ3) is 5.98. The number of aromatic nitrogens is 4. The number of benzene rings is 1. The van der Waals surface area contributed by atoms with E-state index in [-0.39, 0.29) is 11.6 Å². The highest BCUT2D eigenvalue weighted by Gasteiger charge is 2.48. The van der Waals surface area contributed by atoms with Crippen LogP contribution in [0.4, 0.5) is 29.6 Å². The minimum absolute atomic E-state index is 0.0269. The van der Waals surface area contributed by atoms with Gasteiger partial charge in [0.15, 0.2) is 17.3 Å². The number of halogens is 3. The quantitative estimate of drug-likeness (QED) is 0.466. The molecule has 0 bridgehead atoms. The van der Waals surface area contributed by atoms with E-state index < -0.39 is 23.8 Å². The lowest BCUT2D eigenvalue weighted by Gasteiger charge is -2.35. The first-order valence-electron chi connectivity index (χ1n) is 11.7. The van der Waals surface area contributed by atoms with Gasteiger partial charge in [-0.1, -0.05) is 12.1 Å². The van der Waals surface area contributed by atoms with Gasteiger partial charge in [0.05, 0.1) is 6.54 Å². The lowest BCUT2D eigenvalue weighted by Crippen LogP contribution is -2.39. The second kappa shape index (κ2) is 10.1. The molecular formula is C24H23F3N6O4. The van der Waals surface area contributed by atoms with Gasteiger partial charge in [-0.2, -0.15) is 5.10 Å². The van der Waals surface area contributed by atoms with E-state index in [1.807, 2.05) is 0 Å². The highest BCUT2D eigenvalue weighted by molar-refractivity contribution is 5.89. The van der Waals surface area contributed by atoms with E-state index in [9.17, 15) is 18.0 Å². The van der Waals surface area contributed by atoms with E-state index >= 15 is 0 Å². The van der Waals surface area contributed by atoms with Crippen molar-refractivity contribution in [2.75, 3.05) is 23.3 Å². The minimum Gasteiger partial charge on any atom is -0.441 e. The molecular weight excluding hydrogens is 493 g/mol. The Morgan fingerprint density at radius 3 is 2.49 bits per heavy atom. The molecule has 3 aromatic rings. The van der Waals surface area contributed by atoms with Crippen molar-refractivity contribution >= 4 is 17.7 Å². The van der Waals surface area contributed by atoms with E-state index in [2.05, 4.69) is 30.4 Å². The van der Waals surface area contributed by atoms with Crippen LogP contribution in [0.25, 0.3) is 0 Å². The first kappa shape index (κ1) is 24.5. The number of hydrogen-bond donors (Lipinski definition) is 1. The number of nitrogens with zero attached hydrogens (tertiary/aromatic N) is 5. The smallest absolute Gasteiger partial charge is 0.441 e. The third-order valence-corrected chi connectivity index (χ3v) is 6.32. The van der Waals surface area contributed by atoms with Crippen LogP contribution in [-0.2, 0) is 4.74 Å². The number of carbonyl (C=O) groups is 1. The fourth-order valence-corrected chi connectivity index (χ4v) is 4.48. The Morgan fingerprint density at radius 2 is 1.81 bits per heavy atom. The number of para-hydroxylation sites is 2. The number of alkyl halides is 3. The average molecular weight is 516 g/mol. The number of anilines is 2. The van der Waals surface area contributed by atoms with Crippen LogP contribution in [0.2, 0.25) is 0 Å². The van der Waals surface area contributed by atoms with Gasteiger partial charge in [0.1, 0.15) is 11.4 Å². The van der Waals surface area contributed by atoms with Crippen LogP contribution in [-0.4, -0.2) is 51.5 Å². The van der Waals surface area contributed by atoms with Crippen LogP contribution in [0.1, 0.15) is 25.7 Å². The Bertz CT molecular complexity index is 1220. The van der Waals surface area contributed by atoms with Gasteiger partial charge >= 0.3 is 12.5 Å². The van der Waals surface area contributed by atoms with Crippen LogP contribution in [0.3, 0.4) is 0 Å². The molecule has 1 saturated carbocycles. The van der Waals surface area contributed by atoms with Gasteiger partial charge in [-0.15, -0.1) is 28.5 Å². The minimum atomic E-state index is -4.84. The summed E-state index contributed by atoms with van der Waals surface area (Å²) in [6.45, 7) is 1.10. The molecule has 1 saturated heterocycles. The molecule has 5 rings (SSSR count). The first-order valence-corrected chi connectivity index (χ1v) is 11.7. The maximum absolute atomic E-state index is 12.6. The zero-order chi connectivity index (χ0) is 25.9. The molecule has 0 unspecified atom stereocenters. The summed E-state index contributed by atoms with van der Waals surface area (Å²) in [4.78, 5) is 13.9. The number of hydrogen-bond acceptors (Lipinski definition) is 9. The van der Waals surface area contributed by atoms with Crippen molar-refractivity contribution in [2.24, 2.45) is 5.92 Å². The molecule has 1 aromatic carbocycles. The van der Waals surface area contributed by atoms with E-state index in [1.165, 1.54) is 29.2 Å². The summed E-state index contributed by atoms with van der Waals surface area (Å²) in [6.07, 6.45) is -0.497. The summed E-state index contributed by atoms with van der Waals surface area (Å²) in [7, 11) is 0. The van der Waals surface area contributed by atoms with Crippen molar-refractivity contribution in [2.45, 2.75) is 37.6 Å². The van der Waals surface area contributed by atoms with Crippen LogP contribution < -0.4 is 19.7 Å². The summed E-state index contributed by atoms with van der Waals surface area (Å²) < 4.78 is 53.0. The number of carbonyl (C=O) groups excluding carboxylic acids is 1. The number of rotatable bonds is 7. The summed E-state index contributed by atoms with van der Waals surface area (Å²) >= 11 is 0. The van der Waals surface area contributed by atoms with Crippen LogP contribution in [0, 0.1) is 5.92 Å². The molecule has 1 spiro atoms. The van der Waals surface area contributed by atoms with Gasteiger partial charge in [0.2, 0.25) is 5.88 Å². The zero-order valence-electron chi connectivity index (χ0n) is 19.5. The molecule has 10 nitrogen and oxygen atoms in total. The van der Waals surface area contributed by atoms with Crippen molar-refractivity contribution in [1.82, 2.24) is 20.4 Å². The SMILES string of the molecule is O=C1O[C@]2(CC[C@H](CNc3ccc(Oc4ccccc4OC(F)(F)F)nn3)CC2)CN1c1cccnn1. The van der Waals surface area contributed by atoms with Crippen LogP contribution in [0.5, 0.6) is 17.4 Å². The molecule has 0 atom stereocenters. The predicted molar refractivity (Wildman–Crippen MR) is 124 cm³/mol. The topological polar surface area (TPSA) is 112 Å². The Kier molecular flexibility index (Phi) is 6.68. The molecule has 1 aliphatic heterocycles. The second-order valence-electron chi connectivity index (χ2n) is 8.90. The molecule has 0 radical (unpaired) electrons. The van der Waals surface area contributed by atoms with Crippen molar-refractivity contribution in [3.05, 3.63) is 54.7 Å². The second-order valence-corrected chi connectivity index (χ2v) is 8.90. The molecule has 1 amide bonds. The first-order chi connectivity index (χ1) is 17.8. The molecule has 3 heterocycles. The van der Waals surface area contributed by atoms with Crippen LogP contribution in [0.15, 0.2) is 54.7 Å². The zero-order valence-corrected chi connectivity index (χ0v) is 19.5. The highest BCUT2D eigenvalue weighted by atomic mass is 19.4. The normalized spacial score (nSPS) is 21.5.